The van der Waals surface area contributed by atoms with Crippen LogP contribution in [0.25, 0.3) is 0 Å². The molecule has 1 aromatic carbocycles. The van der Waals surface area contributed by atoms with Crippen molar-refractivity contribution < 1.29 is 4.79 Å². The third-order valence-electron chi connectivity index (χ3n) is 2.50. The maximum Gasteiger partial charge on any atom is 0.272 e. The Labute approximate surface area is 128 Å². The van der Waals surface area contributed by atoms with Gasteiger partial charge in [-0.15, -0.1) is 10.2 Å². The van der Waals surface area contributed by atoms with E-state index in [1.54, 1.807) is 24.3 Å². The van der Waals surface area contributed by atoms with Gasteiger partial charge in [-0.2, -0.15) is 0 Å². The minimum Gasteiger partial charge on any atom is -0.346 e. The van der Waals surface area contributed by atoms with Gasteiger partial charge >= 0.3 is 0 Å². The normalized spacial score (nSPS) is 11.0. The fourth-order valence-corrected chi connectivity index (χ4v) is 1.73. The van der Waals surface area contributed by atoms with Gasteiger partial charge in [-0.1, -0.05) is 11.6 Å². The molecule has 110 valence electrons. The number of nitrogens with zero attached hydrogens (tertiary/aromatic N) is 2. The molecule has 0 unspecified atom stereocenters. The molecule has 0 saturated carbocycles. The van der Waals surface area contributed by atoms with Crippen molar-refractivity contribution in [3.63, 3.8) is 0 Å². The number of hydrogen-bond donors (Lipinski definition) is 2. The quantitative estimate of drug-likeness (QED) is 0.912. The van der Waals surface area contributed by atoms with Crippen molar-refractivity contribution in [1.29, 1.82) is 0 Å². The molecular weight excluding hydrogens is 288 g/mol. The number of halogens is 1. The maximum atomic E-state index is 11.9. The van der Waals surface area contributed by atoms with Gasteiger partial charge in [-0.05, 0) is 57.2 Å². The average Bonchev–Trinajstić information content (AvgIpc) is 2.40. The second kappa shape index (κ2) is 6.10. The van der Waals surface area contributed by atoms with Crippen LogP contribution in [0.3, 0.4) is 0 Å². The molecule has 0 spiro atoms. The lowest BCUT2D eigenvalue weighted by atomic mass is 10.1. The van der Waals surface area contributed by atoms with Crippen LogP contribution < -0.4 is 10.6 Å². The van der Waals surface area contributed by atoms with E-state index in [0.29, 0.717) is 10.8 Å². The number of benzene rings is 1. The third-order valence-corrected chi connectivity index (χ3v) is 2.75. The van der Waals surface area contributed by atoms with E-state index >= 15 is 0 Å². The van der Waals surface area contributed by atoms with Gasteiger partial charge in [0.2, 0.25) is 0 Å². The molecule has 0 aliphatic carbocycles. The Kier molecular flexibility index (Phi) is 4.43. The Morgan fingerprint density at radius 3 is 2.24 bits per heavy atom. The largest absolute Gasteiger partial charge is 0.346 e. The van der Waals surface area contributed by atoms with Gasteiger partial charge in [-0.3, -0.25) is 4.79 Å². The van der Waals surface area contributed by atoms with Gasteiger partial charge in [0.15, 0.2) is 11.5 Å². The van der Waals surface area contributed by atoms with Crippen molar-refractivity contribution in [3.05, 3.63) is 47.1 Å². The molecule has 0 fully saturated rings. The number of aromatic nitrogens is 2. The number of nitrogens with one attached hydrogen (secondary N) is 2. The van der Waals surface area contributed by atoms with E-state index in [4.69, 9.17) is 11.6 Å². The zero-order chi connectivity index (χ0) is 15.5. The first-order valence-electron chi connectivity index (χ1n) is 6.52. The molecule has 5 nitrogen and oxygen atoms in total. The fourth-order valence-electron chi connectivity index (χ4n) is 1.61. The molecule has 0 bridgehead atoms. The first-order chi connectivity index (χ1) is 9.83. The standard InChI is InChI=1S/C15H17ClN4O/c1-15(2,3)18-14(21)12-8-9-13(20-19-12)17-11-6-4-10(16)5-7-11/h4-9H,1-3H3,(H,17,20)(H,18,21). The van der Waals surface area contributed by atoms with Gasteiger partial charge in [-0.25, -0.2) is 0 Å². The topological polar surface area (TPSA) is 66.9 Å². The van der Waals surface area contributed by atoms with Crippen LogP contribution in [0, 0.1) is 0 Å². The highest BCUT2D eigenvalue weighted by atomic mass is 35.5. The Balaban J connectivity index is 2.05. The van der Waals surface area contributed by atoms with E-state index in [-0.39, 0.29) is 17.1 Å². The molecule has 0 aliphatic rings. The summed E-state index contributed by atoms with van der Waals surface area (Å²) in [6.07, 6.45) is 0. The van der Waals surface area contributed by atoms with Crippen molar-refractivity contribution in [1.82, 2.24) is 15.5 Å². The fraction of sp³-hybridized carbons (Fsp3) is 0.267. The molecule has 0 saturated heterocycles. The van der Waals surface area contributed by atoms with Gasteiger partial charge < -0.3 is 10.6 Å². The molecule has 1 heterocycles. The van der Waals surface area contributed by atoms with Crippen LogP contribution in [0.2, 0.25) is 5.02 Å². The molecule has 2 N–H and O–H groups in total. The summed E-state index contributed by atoms with van der Waals surface area (Å²) < 4.78 is 0. The number of amides is 1. The summed E-state index contributed by atoms with van der Waals surface area (Å²) in [4.78, 5) is 11.9. The number of carbonyl (C=O) groups excluding carboxylic acids is 1. The predicted octanol–water partition coefficient (Wildman–Crippen LogP) is 3.40. The Bertz CT molecular complexity index is 618. The molecule has 0 aliphatic heterocycles. The smallest absolute Gasteiger partial charge is 0.272 e. The van der Waals surface area contributed by atoms with Gasteiger partial charge in [0.1, 0.15) is 0 Å². The Morgan fingerprint density at radius 1 is 1.05 bits per heavy atom. The third kappa shape index (κ3) is 4.72. The van der Waals surface area contributed by atoms with E-state index in [1.807, 2.05) is 32.9 Å². The van der Waals surface area contributed by atoms with Crippen LogP contribution in [-0.2, 0) is 0 Å². The lowest BCUT2D eigenvalue weighted by Crippen LogP contribution is -2.41. The van der Waals surface area contributed by atoms with E-state index in [2.05, 4.69) is 20.8 Å². The average molecular weight is 305 g/mol. The van der Waals surface area contributed by atoms with E-state index in [0.717, 1.165) is 5.69 Å². The van der Waals surface area contributed by atoms with Crippen molar-refractivity contribution in [2.24, 2.45) is 0 Å². The first kappa shape index (κ1) is 15.3. The van der Waals surface area contributed by atoms with E-state index in [9.17, 15) is 4.79 Å². The number of anilines is 2. The van der Waals surface area contributed by atoms with Crippen molar-refractivity contribution in [3.8, 4) is 0 Å². The number of carbonyl (C=O) groups is 1. The maximum absolute atomic E-state index is 11.9. The van der Waals surface area contributed by atoms with Crippen molar-refractivity contribution in [2.45, 2.75) is 26.3 Å². The highest BCUT2D eigenvalue weighted by Crippen LogP contribution is 2.17. The SMILES string of the molecule is CC(C)(C)NC(=O)c1ccc(Nc2ccc(Cl)cc2)nn1. The highest BCUT2D eigenvalue weighted by Gasteiger charge is 2.16. The molecular formula is C15H17ClN4O. The molecule has 21 heavy (non-hydrogen) atoms. The molecule has 1 aromatic heterocycles. The molecule has 2 rings (SSSR count). The molecule has 6 heteroatoms. The second-order valence-corrected chi connectivity index (χ2v) is 6.08. The summed E-state index contributed by atoms with van der Waals surface area (Å²) in [5.74, 6) is 0.317. The van der Waals surface area contributed by atoms with Gasteiger partial charge in [0.25, 0.3) is 5.91 Å². The lowest BCUT2D eigenvalue weighted by Gasteiger charge is -2.19. The zero-order valence-electron chi connectivity index (χ0n) is 12.1. The van der Waals surface area contributed by atoms with E-state index in [1.165, 1.54) is 0 Å². The summed E-state index contributed by atoms with van der Waals surface area (Å²) in [5.41, 5.74) is 0.825. The van der Waals surface area contributed by atoms with Gasteiger partial charge in [0, 0.05) is 16.2 Å². The second-order valence-electron chi connectivity index (χ2n) is 5.64. The Hall–Kier alpha value is -2.14. The van der Waals surface area contributed by atoms with Crippen LogP contribution in [0.1, 0.15) is 31.3 Å². The minimum absolute atomic E-state index is 0.243. The summed E-state index contributed by atoms with van der Waals surface area (Å²) in [6.45, 7) is 5.73. The highest BCUT2D eigenvalue weighted by molar-refractivity contribution is 6.30. The predicted molar refractivity (Wildman–Crippen MR) is 84.0 cm³/mol. The molecule has 2 aromatic rings. The van der Waals surface area contributed by atoms with Gasteiger partial charge in [0.05, 0.1) is 0 Å². The van der Waals surface area contributed by atoms with Crippen LogP contribution >= 0.6 is 11.6 Å². The van der Waals surface area contributed by atoms with E-state index < -0.39 is 0 Å². The number of rotatable bonds is 3. The molecule has 1 amide bonds. The Morgan fingerprint density at radius 2 is 1.71 bits per heavy atom. The monoisotopic (exact) mass is 304 g/mol. The summed E-state index contributed by atoms with van der Waals surface area (Å²) in [5, 5.41) is 14.5. The molecule has 0 radical (unpaired) electrons. The van der Waals surface area contributed by atoms with Crippen molar-refractivity contribution in [2.75, 3.05) is 5.32 Å². The summed E-state index contributed by atoms with van der Waals surface area (Å²) in [6, 6.07) is 10.6. The summed E-state index contributed by atoms with van der Waals surface area (Å²) in [7, 11) is 0. The number of hydrogen-bond acceptors (Lipinski definition) is 4. The van der Waals surface area contributed by atoms with Crippen LogP contribution in [-0.4, -0.2) is 21.6 Å². The molecule has 0 atom stereocenters. The first-order valence-corrected chi connectivity index (χ1v) is 6.90. The van der Waals surface area contributed by atoms with Crippen LogP contribution in [0.4, 0.5) is 11.5 Å². The zero-order valence-corrected chi connectivity index (χ0v) is 12.9. The summed E-state index contributed by atoms with van der Waals surface area (Å²) >= 11 is 5.82. The van der Waals surface area contributed by atoms with Crippen LogP contribution in [0.15, 0.2) is 36.4 Å². The minimum atomic E-state index is -0.307. The van der Waals surface area contributed by atoms with Crippen molar-refractivity contribution >= 4 is 29.0 Å². The lowest BCUT2D eigenvalue weighted by molar-refractivity contribution is 0.0913. The van der Waals surface area contributed by atoms with Crippen LogP contribution in [0.5, 0.6) is 0 Å².